The van der Waals surface area contributed by atoms with Gasteiger partial charge in [0.15, 0.2) is 0 Å². The van der Waals surface area contributed by atoms with Crippen LogP contribution in [0.2, 0.25) is 0 Å². The van der Waals surface area contributed by atoms with Gasteiger partial charge in [-0.15, -0.1) is 0 Å². The molecular formula is C14H24N2O3. The Morgan fingerprint density at radius 1 is 1.32 bits per heavy atom. The van der Waals surface area contributed by atoms with Crippen LogP contribution >= 0.6 is 0 Å². The Morgan fingerprint density at radius 3 is 2.74 bits per heavy atom. The van der Waals surface area contributed by atoms with Gasteiger partial charge in [-0.3, -0.25) is 14.5 Å². The van der Waals surface area contributed by atoms with Gasteiger partial charge in [-0.25, -0.2) is 0 Å². The number of carbonyl (C=O) groups is 2. The summed E-state index contributed by atoms with van der Waals surface area (Å²) in [6.45, 7) is 2.91. The van der Waals surface area contributed by atoms with Crippen LogP contribution in [0.3, 0.4) is 0 Å². The van der Waals surface area contributed by atoms with Crippen molar-refractivity contribution in [2.75, 3.05) is 13.1 Å². The summed E-state index contributed by atoms with van der Waals surface area (Å²) >= 11 is 0. The van der Waals surface area contributed by atoms with E-state index >= 15 is 0 Å². The summed E-state index contributed by atoms with van der Waals surface area (Å²) in [4.78, 5) is 25.2. The Hall–Kier alpha value is -1.10. The summed E-state index contributed by atoms with van der Waals surface area (Å²) in [7, 11) is 0. The van der Waals surface area contributed by atoms with Crippen LogP contribution in [0.5, 0.6) is 0 Å². The van der Waals surface area contributed by atoms with E-state index in [1.807, 2.05) is 11.8 Å². The predicted molar refractivity (Wildman–Crippen MR) is 71.8 cm³/mol. The number of aliphatic carboxylic acids is 1. The quantitative estimate of drug-likeness (QED) is 0.787. The fraction of sp³-hybridized carbons (Fsp3) is 0.857. The Labute approximate surface area is 114 Å². The molecule has 2 fully saturated rings. The Kier molecular flexibility index (Phi) is 4.80. The first-order valence-corrected chi connectivity index (χ1v) is 7.38. The number of rotatable bonds is 5. The first-order valence-electron chi connectivity index (χ1n) is 7.38. The Morgan fingerprint density at radius 2 is 2.05 bits per heavy atom. The highest BCUT2D eigenvalue weighted by atomic mass is 16.4. The molecule has 1 aliphatic carbocycles. The molecule has 0 spiro atoms. The van der Waals surface area contributed by atoms with Crippen molar-refractivity contribution in [2.24, 2.45) is 5.92 Å². The zero-order valence-corrected chi connectivity index (χ0v) is 11.6. The number of hydrogen-bond donors (Lipinski definition) is 2. The molecule has 0 aromatic rings. The van der Waals surface area contributed by atoms with E-state index < -0.39 is 12.0 Å². The lowest BCUT2D eigenvalue weighted by atomic mass is 9.85. The molecule has 3 atom stereocenters. The van der Waals surface area contributed by atoms with E-state index in [1.54, 1.807) is 0 Å². The number of likely N-dealkylation sites (tertiary alicyclic amines) is 1. The number of hydrogen-bond acceptors (Lipinski definition) is 3. The molecule has 0 bridgehead atoms. The van der Waals surface area contributed by atoms with Crippen molar-refractivity contribution in [3.63, 3.8) is 0 Å². The van der Waals surface area contributed by atoms with Crippen LogP contribution < -0.4 is 5.32 Å². The summed E-state index contributed by atoms with van der Waals surface area (Å²) in [6, 6.07) is -0.178. The van der Waals surface area contributed by atoms with Crippen LogP contribution in [0.4, 0.5) is 0 Å². The van der Waals surface area contributed by atoms with Crippen LogP contribution in [-0.4, -0.2) is 47.1 Å². The summed E-state index contributed by atoms with van der Waals surface area (Å²) < 4.78 is 0. The third-order valence-corrected chi connectivity index (χ3v) is 4.40. The van der Waals surface area contributed by atoms with Crippen LogP contribution in [0.1, 0.15) is 45.4 Å². The largest absolute Gasteiger partial charge is 0.480 e. The third-order valence-electron chi connectivity index (χ3n) is 4.40. The van der Waals surface area contributed by atoms with Gasteiger partial charge < -0.3 is 10.4 Å². The molecule has 19 heavy (non-hydrogen) atoms. The number of carboxylic acid groups (broad SMARTS) is 1. The van der Waals surface area contributed by atoms with Crippen LogP contribution in [0.15, 0.2) is 0 Å². The van der Waals surface area contributed by atoms with Crippen molar-refractivity contribution >= 4 is 11.9 Å². The second kappa shape index (κ2) is 6.37. The monoisotopic (exact) mass is 268 g/mol. The summed E-state index contributed by atoms with van der Waals surface area (Å²) in [5.41, 5.74) is 0. The summed E-state index contributed by atoms with van der Waals surface area (Å²) in [6.07, 6.45) is 6.11. The van der Waals surface area contributed by atoms with E-state index in [9.17, 15) is 14.7 Å². The normalized spacial score (nSPS) is 30.9. The van der Waals surface area contributed by atoms with Gasteiger partial charge in [0.1, 0.15) is 6.04 Å². The highest BCUT2D eigenvalue weighted by Crippen LogP contribution is 2.39. The van der Waals surface area contributed by atoms with Crippen LogP contribution in [0, 0.1) is 5.92 Å². The molecule has 2 rings (SSSR count). The molecule has 1 heterocycles. The molecule has 2 aliphatic rings. The lowest BCUT2D eigenvalue weighted by molar-refractivity contribution is -0.143. The van der Waals surface area contributed by atoms with Crippen molar-refractivity contribution < 1.29 is 14.7 Å². The molecule has 1 amide bonds. The van der Waals surface area contributed by atoms with Crippen molar-refractivity contribution in [3.8, 4) is 0 Å². The standard InChI is InChI=1S/C14H24N2O3/c1-2-7-15-13(17)9-16-11-6-4-3-5-10(11)8-12(16)14(18)19/h10-12H,2-9H2,1H3,(H,15,17)(H,18,19). The van der Waals surface area contributed by atoms with Crippen LogP contribution in [-0.2, 0) is 9.59 Å². The fourth-order valence-electron chi connectivity index (χ4n) is 3.51. The number of nitrogens with one attached hydrogen (secondary N) is 1. The zero-order chi connectivity index (χ0) is 13.8. The van der Waals surface area contributed by atoms with Crippen molar-refractivity contribution in [1.82, 2.24) is 10.2 Å². The van der Waals surface area contributed by atoms with Crippen molar-refractivity contribution in [1.29, 1.82) is 0 Å². The minimum atomic E-state index is -0.780. The van der Waals surface area contributed by atoms with E-state index in [1.165, 1.54) is 6.42 Å². The first-order chi connectivity index (χ1) is 9.13. The maximum absolute atomic E-state index is 11.9. The van der Waals surface area contributed by atoms with E-state index in [2.05, 4.69) is 5.32 Å². The molecule has 3 unspecified atom stereocenters. The maximum atomic E-state index is 11.9. The number of amides is 1. The summed E-state index contributed by atoms with van der Waals surface area (Å²) in [5.74, 6) is -0.356. The smallest absolute Gasteiger partial charge is 0.320 e. The van der Waals surface area contributed by atoms with Gasteiger partial charge in [-0.05, 0) is 31.6 Å². The van der Waals surface area contributed by atoms with E-state index in [0.29, 0.717) is 24.9 Å². The molecule has 0 radical (unpaired) electrons. The molecule has 1 saturated carbocycles. The highest BCUT2D eigenvalue weighted by molar-refractivity contribution is 5.80. The molecular weight excluding hydrogens is 244 g/mol. The first kappa shape index (κ1) is 14.3. The van der Waals surface area contributed by atoms with E-state index in [-0.39, 0.29) is 12.5 Å². The molecule has 1 saturated heterocycles. The predicted octanol–water partition coefficient (Wildman–Crippen LogP) is 1.23. The topological polar surface area (TPSA) is 69.6 Å². The average Bonchev–Trinajstić information content (AvgIpc) is 2.76. The van der Waals surface area contributed by atoms with Gasteiger partial charge in [0.25, 0.3) is 0 Å². The van der Waals surface area contributed by atoms with Gasteiger partial charge >= 0.3 is 5.97 Å². The lowest BCUT2D eigenvalue weighted by Gasteiger charge is -2.32. The molecule has 5 heteroatoms. The number of fused-ring (bicyclic) bond motifs is 1. The Bertz CT molecular complexity index is 346. The van der Waals surface area contributed by atoms with Gasteiger partial charge in [-0.2, -0.15) is 0 Å². The summed E-state index contributed by atoms with van der Waals surface area (Å²) in [5, 5.41) is 12.2. The van der Waals surface area contributed by atoms with Crippen molar-refractivity contribution in [3.05, 3.63) is 0 Å². The number of nitrogens with zero attached hydrogens (tertiary/aromatic N) is 1. The van der Waals surface area contributed by atoms with E-state index in [0.717, 1.165) is 25.7 Å². The Balaban J connectivity index is 2.01. The second-order valence-corrected chi connectivity index (χ2v) is 5.72. The fourth-order valence-corrected chi connectivity index (χ4v) is 3.51. The molecule has 1 aliphatic heterocycles. The lowest BCUT2D eigenvalue weighted by Crippen LogP contribution is -2.47. The number of carboxylic acids is 1. The molecule has 2 N–H and O–H groups in total. The van der Waals surface area contributed by atoms with Gasteiger partial charge in [0, 0.05) is 12.6 Å². The van der Waals surface area contributed by atoms with Crippen LogP contribution in [0.25, 0.3) is 0 Å². The SMILES string of the molecule is CCCNC(=O)CN1C(C(=O)O)CC2CCCCC21. The molecule has 0 aromatic heterocycles. The molecule has 108 valence electrons. The number of carbonyl (C=O) groups excluding carboxylic acids is 1. The highest BCUT2D eigenvalue weighted by Gasteiger charge is 2.45. The minimum absolute atomic E-state index is 0.0423. The van der Waals surface area contributed by atoms with E-state index in [4.69, 9.17) is 0 Å². The van der Waals surface area contributed by atoms with Gasteiger partial charge in [-0.1, -0.05) is 19.8 Å². The second-order valence-electron chi connectivity index (χ2n) is 5.72. The minimum Gasteiger partial charge on any atom is -0.480 e. The molecule has 5 nitrogen and oxygen atoms in total. The van der Waals surface area contributed by atoms with Crippen molar-refractivity contribution in [2.45, 2.75) is 57.5 Å². The average molecular weight is 268 g/mol. The van der Waals surface area contributed by atoms with Gasteiger partial charge in [0.05, 0.1) is 6.54 Å². The maximum Gasteiger partial charge on any atom is 0.320 e. The van der Waals surface area contributed by atoms with Gasteiger partial charge in [0.2, 0.25) is 5.91 Å². The molecule has 0 aromatic carbocycles. The zero-order valence-electron chi connectivity index (χ0n) is 11.6. The third kappa shape index (κ3) is 3.26.